The van der Waals surface area contributed by atoms with Crippen LogP contribution in [0.25, 0.3) is 0 Å². The summed E-state index contributed by atoms with van der Waals surface area (Å²) in [7, 11) is -7.88. The maximum Gasteiger partial charge on any atom is 0.287 e. The number of amides is 1. The zero-order valence-electron chi connectivity index (χ0n) is 20.5. The lowest BCUT2D eigenvalue weighted by atomic mass is 9.82. The number of sulfonamides is 2. The molecule has 3 aliphatic rings. The van der Waals surface area contributed by atoms with Gasteiger partial charge in [-0.25, -0.2) is 17.5 Å². The highest BCUT2D eigenvalue weighted by atomic mass is 32.2. The number of carbonyl (C=O) groups is 2. The first-order chi connectivity index (χ1) is 17.9. The van der Waals surface area contributed by atoms with Crippen LogP contribution in [0.4, 0.5) is 9.39 Å². The van der Waals surface area contributed by atoms with Gasteiger partial charge in [-0.2, -0.15) is 8.42 Å². The zero-order chi connectivity index (χ0) is 27.2. The number of carbonyl (C=O) groups excluding carboxylic acids is 2. The third-order valence-corrected chi connectivity index (χ3v) is 10.4. The Labute approximate surface area is 224 Å². The summed E-state index contributed by atoms with van der Waals surface area (Å²) in [6, 6.07) is 5.47. The Bertz CT molecular complexity index is 1510. The van der Waals surface area contributed by atoms with Gasteiger partial charge in [-0.05, 0) is 41.8 Å². The molecule has 2 aromatic rings. The second kappa shape index (κ2) is 10.1. The Morgan fingerprint density at radius 1 is 1.18 bits per heavy atom. The second-order valence-electron chi connectivity index (χ2n) is 9.90. The number of hydrogen-bond donors (Lipinski definition) is 2. The largest absolute Gasteiger partial charge is 0.334 e. The molecule has 5 rings (SSSR count). The van der Waals surface area contributed by atoms with Crippen LogP contribution in [0, 0.1) is 17.7 Å². The molecule has 2 N–H and O–H groups in total. The number of amidine groups is 1. The van der Waals surface area contributed by atoms with Crippen molar-refractivity contribution in [3.8, 4) is 0 Å². The van der Waals surface area contributed by atoms with Crippen molar-refractivity contribution in [3.63, 3.8) is 0 Å². The SMILES string of the molecule is CS(=O)(=O)NCc1csc2c1S(=O)(=O)N=C(C1C(=O)CC(C3CCCC3)N(Cc3ccc(F)cc3)C1=O)N2. The Hall–Kier alpha value is -2.68. The molecule has 2 unspecified atom stereocenters. The third-order valence-electron chi connectivity index (χ3n) is 7.21. The van der Waals surface area contributed by atoms with E-state index in [1.165, 1.54) is 17.5 Å². The van der Waals surface area contributed by atoms with E-state index in [1.807, 2.05) is 0 Å². The number of fused-ring (bicyclic) bond motifs is 1. The van der Waals surface area contributed by atoms with E-state index in [0.29, 0.717) is 5.56 Å². The standard InChI is InChI=1S/C24H27FN4O6S3/c1-37(32,33)26-11-16-13-36-23-21(16)38(34,35)28-22(27-23)20-19(30)10-18(15-4-2-3-5-15)29(24(20)31)12-14-6-8-17(25)9-7-14/h6-9,13,15,18,20,26H,2-5,10-12H2,1H3,(H,27,28). The lowest BCUT2D eigenvalue weighted by molar-refractivity contribution is -0.148. The van der Waals surface area contributed by atoms with Crippen LogP contribution in [0.1, 0.15) is 43.2 Å². The van der Waals surface area contributed by atoms with Crippen LogP contribution in [0.3, 0.4) is 0 Å². The smallest absolute Gasteiger partial charge is 0.287 e. The number of nitrogens with one attached hydrogen (secondary N) is 2. The van der Waals surface area contributed by atoms with E-state index in [9.17, 15) is 30.8 Å². The van der Waals surface area contributed by atoms with E-state index in [0.717, 1.165) is 43.3 Å². The van der Waals surface area contributed by atoms with Gasteiger partial charge < -0.3 is 10.2 Å². The summed E-state index contributed by atoms with van der Waals surface area (Å²) in [5.41, 5.74) is 0.914. The van der Waals surface area contributed by atoms with Gasteiger partial charge in [0.15, 0.2) is 11.7 Å². The van der Waals surface area contributed by atoms with Crippen LogP contribution in [0.2, 0.25) is 0 Å². The number of thiophene rings is 1. The first-order valence-electron chi connectivity index (χ1n) is 12.2. The van der Waals surface area contributed by atoms with E-state index in [-0.39, 0.29) is 52.8 Å². The Morgan fingerprint density at radius 2 is 1.87 bits per heavy atom. The van der Waals surface area contributed by atoms with Crippen LogP contribution < -0.4 is 10.0 Å². The lowest BCUT2D eigenvalue weighted by Gasteiger charge is -2.42. The predicted octanol–water partition coefficient (Wildman–Crippen LogP) is 2.63. The van der Waals surface area contributed by atoms with Gasteiger partial charge in [0.1, 0.15) is 21.5 Å². The number of halogens is 1. The number of rotatable bonds is 7. The predicted molar refractivity (Wildman–Crippen MR) is 140 cm³/mol. The molecule has 10 nitrogen and oxygen atoms in total. The third kappa shape index (κ3) is 5.40. The molecule has 3 heterocycles. The topological polar surface area (TPSA) is 142 Å². The van der Waals surface area contributed by atoms with Gasteiger partial charge in [0.05, 0.1) is 6.26 Å². The van der Waals surface area contributed by atoms with Crippen molar-refractivity contribution in [3.05, 3.63) is 46.6 Å². The van der Waals surface area contributed by atoms with Gasteiger partial charge >= 0.3 is 0 Å². The summed E-state index contributed by atoms with van der Waals surface area (Å²) in [5, 5.41) is 4.53. The molecule has 0 spiro atoms. The van der Waals surface area contributed by atoms with Gasteiger partial charge in [0, 0.05) is 31.1 Å². The number of nitrogens with zero attached hydrogens (tertiary/aromatic N) is 2. The maximum atomic E-state index is 13.9. The van der Waals surface area contributed by atoms with Crippen LogP contribution in [-0.4, -0.2) is 51.6 Å². The molecule has 1 aromatic carbocycles. The molecule has 2 fully saturated rings. The van der Waals surface area contributed by atoms with Gasteiger partial charge in [0.25, 0.3) is 10.0 Å². The van der Waals surface area contributed by atoms with Crippen molar-refractivity contribution in [1.29, 1.82) is 0 Å². The number of benzene rings is 1. The average molecular weight is 583 g/mol. The Morgan fingerprint density at radius 3 is 2.53 bits per heavy atom. The highest BCUT2D eigenvalue weighted by molar-refractivity contribution is 7.91. The number of piperidine rings is 1. The molecule has 14 heteroatoms. The first kappa shape index (κ1) is 26.9. The van der Waals surface area contributed by atoms with E-state index < -0.39 is 43.5 Å². The summed E-state index contributed by atoms with van der Waals surface area (Å²) in [6.07, 6.45) is 4.86. The van der Waals surface area contributed by atoms with Crippen molar-refractivity contribution in [2.45, 2.75) is 56.1 Å². The zero-order valence-corrected chi connectivity index (χ0v) is 23.0. The highest BCUT2D eigenvalue weighted by Gasteiger charge is 2.48. The minimum atomic E-state index is -4.32. The second-order valence-corrected chi connectivity index (χ2v) is 14.2. The summed E-state index contributed by atoms with van der Waals surface area (Å²) >= 11 is 1.02. The molecule has 1 saturated carbocycles. The quantitative estimate of drug-likeness (QED) is 0.478. The lowest BCUT2D eigenvalue weighted by Crippen LogP contribution is -2.57. The molecule has 1 aliphatic carbocycles. The fourth-order valence-electron chi connectivity index (χ4n) is 5.44. The Kier molecular flexibility index (Phi) is 7.18. The van der Waals surface area contributed by atoms with E-state index in [1.54, 1.807) is 17.0 Å². The molecule has 1 amide bonds. The van der Waals surface area contributed by atoms with Gasteiger partial charge in [-0.1, -0.05) is 25.0 Å². The van der Waals surface area contributed by atoms with Crippen molar-refractivity contribution in [1.82, 2.24) is 9.62 Å². The highest BCUT2D eigenvalue weighted by Crippen LogP contribution is 2.40. The fourth-order valence-corrected chi connectivity index (χ4v) is 8.50. The van der Waals surface area contributed by atoms with Gasteiger partial charge in [0.2, 0.25) is 15.9 Å². The first-order valence-corrected chi connectivity index (χ1v) is 16.4. The van der Waals surface area contributed by atoms with Crippen molar-refractivity contribution >= 4 is 53.9 Å². The number of anilines is 1. The summed E-state index contributed by atoms with van der Waals surface area (Å²) in [6.45, 7) is -0.0815. The van der Waals surface area contributed by atoms with Crippen molar-refractivity contribution in [2.24, 2.45) is 16.2 Å². The van der Waals surface area contributed by atoms with Crippen LogP contribution >= 0.6 is 11.3 Å². The van der Waals surface area contributed by atoms with Gasteiger partial charge in [-0.3, -0.25) is 9.59 Å². The van der Waals surface area contributed by atoms with Crippen LogP contribution in [0.5, 0.6) is 0 Å². The molecule has 0 radical (unpaired) electrons. The molecular formula is C24H27FN4O6S3. The molecule has 0 bridgehead atoms. The number of likely N-dealkylation sites (tertiary alicyclic amines) is 1. The number of ketones is 1. The molecular weight excluding hydrogens is 555 g/mol. The maximum absolute atomic E-state index is 13.9. The fraction of sp³-hybridized carbons (Fsp3) is 0.458. The minimum Gasteiger partial charge on any atom is -0.334 e. The molecule has 1 saturated heterocycles. The van der Waals surface area contributed by atoms with Gasteiger partial charge in [-0.15, -0.1) is 15.7 Å². The molecule has 204 valence electrons. The van der Waals surface area contributed by atoms with E-state index >= 15 is 0 Å². The molecule has 1 aromatic heterocycles. The summed E-state index contributed by atoms with van der Waals surface area (Å²) in [4.78, 5) is 28.7. The average Bonchev–Trinajstić information content (AvgIpc) is 3.50. The Balaban J connectivity index is 1.46. The van der Waals surface area contributed by atoms with Crippen LogP contribution in [0.15, 0.2) is 38.9 Å². The normalized spacial score (nSPS) is 23.7. The summed E-state index contributed by atoms with van der Waals surface area (Å²) < 4.78 is 68.9. The monoisotopic (exact) mass is 582 g/mol. The molecule has 2 atom stereocenters. The number of hydrogen-bond acceptors (Lipinski definition) is 8. The minimum absolute atomic E-state index is 0.0733. The van der Waals surface area contributed by atoms with E-state index in [4.69, 9.17) is 0 Å². The van der Waals surface area contributed by atoms with Crippen molar-refractivity contribution in [2.75, 3.05) is 11.6 Å². The van der Waals surface area contributed by atoms with Crippen molar-refractivity contribution < 1.29 is 30.8 Å². The summed E-state index contributed by atoms with van der Waals surface area (Å²) in [5.74, 6) is -2.86. The molecule has 38 heavy (non-hydrogen) atoms. The van der Waals surface area contributed by atoms with Crippen LogP contribution in [-0.2, 0) is 42.7 Å². The number of Topliss-reactive ketones (excluding diaryl/α,β-unsaturated/α-hetero) is 1. The molecule has 2 aliphatic heterocycles. The van der Waals surface area contributed by atoms with E-state index in [2.05, 4.69) is 14.4 Å².